The Balaban J connectivity index is 1.89. The SMILES string of the molecule is CO/C=C(/C(=O)OC)c1ccccc1COc1ccc2c(C)cc(=O)oc2c1. The van der Waals surface area contributed by atoms with E-state index in [0.717, 1.165) is 16.5 Å². The molecular formula is C22H20O6. The van der Waals surface area contributed by atoms with Crippen molar-refractivity contribution in [3.63, 3.8) is 0 Å². The van der Waals surface area contributed by atoms with Gasteiger partial charge in [0.15, 0.2) is 0 Å². The average molecular weight is 380 g/mol. The van der Waals surface area contributed by atoms with Crippen LogP contribution < -0.4 is 10.4 Å². The maximum Gasteiger partial charge on any atom is 0.341 e. The van der Waals surface area contributed by atoms with Gasteiger partial charge in [-0.25, -0.2) is 9.59 Å². The molecule has 0 aliphatic heterocycles. The molecule has 0 amide bonds. The van der Waals surface area contributed by atoms with Crippen molar-refractivity contribution in [2.45, 2.75) is 13.5 Å². The molecule has 144 valence electrons. The molecule has 0 N–H and O–H groups in total. The number of aryl methyl sites for hydroxylation is 1. The molecule has 0 bridgehead atoms. The van der Waals surface area contributed by atoms with Crippen LogP contribution in [0.2, 0.25) is 0 Å². The Labute approximate surface area is 162 Å². The van der Waals surface area contributed by atoms with Crippen LogP contribution in [0.15, 0.2) is 64.0 Å². The van der Waals surface area contributed by atoms with Crippen molar-refractivity contribution >= 4 is 22.5 Å². The fourth-order valence-electron chi connectivity index (χ4n) is 2.91. The maximum atomic E-state index is 12.1. The van der Waals surface area contributed by atoms with Gasteiger partial charge in [-0.05, 0) is 35.7 Å². The molecule has 0 aliphatic carbocycles. The lowest BCUT2D eigenvalue weighted by Crippen LogP contribution is -2.08. The van der Waals surface area contributed by atoms with Crippen LogP contribution in [0, 0.1) is 6.92 Å². The Morgan fingerprint density at radius 1 is 1.11 bits per heavy atom. The third kappa shape index (κ3) is 4.06. The van der Waals surface area contributed by atoms with Crippen LogP contribution in [0.25, 0.3) is 16.5 Å². The van der Waals surface area contributed by atoms with Gasteiger partial charge in [-0.1, -0.05) is 24.3 Å². The number of carbonyl (C=O) groups excluding carboxylic acids is 1. The van der Waals surface area contributed by atoms with Crippen LogP contribution >= 0.6 is 0 Å². The number of ether oxygens (including phenoxy) is 3. The number of methoxy groups -OCH3 is 2. The summed E-state index contributed by atoms with van der Waals surface area (Å²) in [5.41, 5.74) is 2.63. The molecular weight excluding hydrogens is 360 g/mol. The van der Waals surface area contributed by atoms with Crippen molar-refractivity contribution in [2.24, 2.45) is 0 Å². The Morgan fingerprint density at radius 2 is 1.89 bits per heavy atom. The lowest BCUT2D eigenvalue weighted by molar-refractivity contribution is -0.133. The molecule has 0 atom stereocenters. The minimum absolute atomic E-state index is 0.204. The smallest absolute Gasteiger partial charge is 0.341 e. The van der Waals surface area contributed by atoms with Gasteiger partial charge >= 0.3 is 11.6 Å². The Bertz CT molecular complexity index is 1090. The second-order valence-electron chi connectivity index (χ2n) is 6.11. The third-order valence-corrected chi connectivity index (χ3v) is 4.27. The molecule has 3 aromatic rings. The summed E-state index contributed by atoms with van der Waals surface area (Å²) >= 11 is 0. The zero-order chi connectivity index (χ0) is 20.1. The second kappa shape index (κ2) is 8.43. The van der Waals surface area contributed by atoms with Gasteiger partial charge in [-0.2, -0.15) is 0 Å². The van der Waals surface area contributed by atoms with E-state index >= 15 is 0 Å². The van der Waals surface area contributed by atoms with E-state index < -0.39 is 11.6 Å². The van der Waals surface area contributed by atoms with E-state index in [2.05, 4.69) is 0 Å². The van der Waals surface area contributed by atoms with Crippen LogP contribution in [-0.4, -0.2) is 20.2 Å². The first-order chi connectivity index (χ1) is 13.5. The number of hydrogen-bond acceptors (Lipinski definition) is 6. The Morgan fingerprint density at radius 3 is 2.64 bits per heavy atom. The summed E-state index contributed by atoms with van der Waals surface area (Å²) < 4.78 is 21.0. The highest BCUT2D eigenvalue weighted by Gasteiger charge is 2.17. The fourth-order valence-corrected chi connectivity index (χ4v) is 2.91. The summed E-state index contributed by atoms with van der Waals surface area (Å²) in [5.74, 6) is 0.0450. The van der Waals surface area contributed by atoms with Crippen LogP contribution in [0.1, 0.15) is 16.7 Å². The molecule has 0 saturated heterocycles. The number of fused-ring (bicyclic) bond motifs is 1. The molecule has 1 heterocycles. The van der Waals surface area contributed by atoms with Gasteiger partial charge < -0.3 is 18.6 Å². The van der Waals surface area contributed by atoms with E-state index in [1.165, 1.54) is 26.5 Å². The van der Waals surface area contributed by atoms with E-state index in [4.69, 9.17) is 18.6 Å². The summed E-state index contributed by atoms with van der Waals surface area (Å²) in [7, 11) is 2.78. The van der Waals surface area contributed by atoms with Gasteiger partial charge in [0.25, 0.3) is 0 Å². The number of carbonyl (C=O) groups is 1. The minimum atomic E-state index is -0.503. The van der Waals surface area contributed by atoms with Crippen molar-refractivity contribution in [1.82, 2.24) is 0 Å². The molecule has 0 radical (unpaired) electrons. The first kappa shape index (κ1) is 19.2. The summed E-state index contributed by atoms with van der Waals surface area (Å²) in [5, 5.41) is 0.850. The van der Waals surface area contributed by atoms with Crippen molar-refractivity contribution in [2.75, 3.05) is 14.2 Å². The van der Waals surface area contributed by atoms with E-state index in [0.29, 0.717) is 22.5 Å². The molecule has 0 unspecified atom stereocenters. The van der Waals surface area contributed by atoms with Crippen molar-refractivity contribution in [1.29, 1.82) is 0 Å². The molecule has 6 nitrogen and oxygen atoms in total. The second-order valence-corrected chi connectivity index (χ2v) is 6.11. The number of rotatable bonds is 6. The molecule has 6 heteroatoms. The summed E-state index contributed by atoms with van der Waals surface area (Å²) in [6, 6.07) is 14.1. The summed E-state index contributed by atoms with van der Waals surface area (Å²) in [4.78, 5) is 23.7. The van der Waals surface area contributed by atoms with Crippen LogP contribution in [0.5, 0.6) is 5.75 Å². The highest BCUT2D eigenvalue weighted by Crippen LogP contribution is 2.25. The quantitative estimate of drug-likeness (QED) is 0.280. The van der Waals surface area contributed by atoms with Gasteiger partial charge in [0.2, 0.25) is 0 Å². The van der Waals surface area contributed by atoms with Crippen molar-refractivity contribution in [3.05, 3.63) is 81.9 Å². The van der Waals surface area contributed by atoms with Crippen molar-refractivity contribution < 1.29 is 23.4 Å². The molecule has 1 aromatic heterocycles. The Hall–Kier alpha value is -3.54. The first-order valence-electron chi connectivity index (χ1n) is 8.60. The highest BCUT2D eigenvalue weighted by atomic mass is 16.5. The van der Waals surface area contributed by atoms with Crippen LogP contribution in [-0.2, 0) is 20.9 Å². The third-order valence-electron chi connectivity index (χ3n) is 4.27. The number of esters is 1. The standard InChI is InChI=1S/C22H20O6/c1-14-10-21(23)28-20-11-16(8-9-17(14)20)27-12-15-6-4-5-7-18(15)19(13-25-2)22(24)26-3/h4-11,13H,12H2,1-3H3/b19-13+. The minimum Gasteiger partial charge on any atom is -0.503 e. The largest absolute Gasteiger partial charge is 0.503 e. The molecule has 0 fully saturated rings. The average Bonchev–Trinajstić information content (AvgIpc) is 2.70. The molecule has 2 aromatic carbocycles. The van der Waals surface area contributed by atoms with Gasteiger partial charge in [0.1, 0.15) is 23.5 Å². The number of hydrogen-bond donors (Lipinski definition) is 0. The first-order valence-corrected chi connectivity index (χ1v) is 8.60. The van der Waals surface area contributed by atoms with Crippen LogP contribution in [0.4, 0.5) is 0 Å². The monoisotopic (exact) mass is 380 g/mol. The van der Waals surface area contributed by atoms with Gasteiger partial charge in [0, 0.05) is 17.5 Å². The highest BCUT2D eigenvalue weighted by molar-refractivity contribution is 6.16. The Kier molecular flexibility index (Phi) is 5.79. The lowest BCUT2D eigenvalue weighted by atomic mass is 10.0. The van der Waals surface area contributed by atoms with Gasteiger partial charge in [-0.3, -0.25) is 0 Å². The summed E-state index contributed by atoms with van der Waals surface area (Å²) in [6.07, 6.45) is 1.35. The van der Waals surface area contributed by atoms with E-state index in [-0.39, 0.29) is 6.61 Å². The fraction of sp³-hybridized carbons (Fsp3) is 0.182. The van der Waals surface area contributed by atoms with E-state index in [9.17, 15) is 9.59 Å². The van der Waals surface area contributed by atoms with E-state index in [1.54, 1.807) is 12.1 Å². The molecule has 0 aliphatic rings. The van der Waals surface area contributed by atoms with E-state index in [1.807, 2.05) is 37.3 Å². The topological polar surface area (TPSA) is 75.0 Å². The van der Waals surface area contributed by atoms with Crippen molar-refractivity contribution in [3.8, 4) is 5.75 Å². The van der Waals surface area contributed by atoms with Gasteiger partial charge in [0.05, 0.1) is 20.5 Å². The summed E-state index contributed by atoms with van der Waals surface area (Å²) in [6.45, 7) is 2.06. The van der Waals surface area contributed by atoms with Crippen LogP contribution in [0.3, 0.4) is 0 Å². The molecule has 0 saturated carbocycles. The molecule has 0 spiro atoms. The van der Waals surface area contributed by atoms with Gasteiger partial charge in [-0.15, -0.1) is 0 Å². The maximum absolute atomic E-state index is 12.1. The zero-order valence-electron chi connectivity index (χ0n) is 15.9. The normalized spacial score (nSPS) is 11.3. The molecule has 28 heavy (non-hydrogen) atoms. The lowest BCUT2D eigenvalue weighted by Gasteiger charge is -2.13. The predicted molar refractivity (Wildman–Crippen MR) is 105 cm³/mol. The molecule has 3 rings (SSSR count). The zero-order valence-corrected chi connectivity index (χ0v) is 15.9. The predicted octanol–water partition coefficient (Wildman–Crippen LogP) is 3.84. The number of benzene rings is 2.